The molecular formula is C17H32O6S2. The molecule has 1 N–H and O–H groups in total. The van der Waals surface area contributed by atoms with Crippen LogP contribution in [0.25, 0.3) is 0 Å². The Hall–Kier alpha value is -0.760. The minimum absolute atomic E-state index is 0.0470. The van der Waals surface area contributed by atoms with Crippen LogP contribution in [0.5, 0.6) is 0 Å². The molecule has 0 rings (SSSR count). The van der Waals surface area contributed by atoms with Crippen LogP contribution < -0.4 is 0 Å². The standard InChI is InChI=1S/C17H32O6S2/c1-16(2,12-14(18)19)6-8-24(21)10-11-25(22)9-7-17(3,4)13-15(20)23-5/h6-13H2,1-5H3,(H,18,19). The van der Waals surface area contributed by atoms with E-state index in [-0.39, 0.29) is 24.2 Å². The number of carbonyl (C=O) groups is 2. The minimum atomic E-state index is -1.10. The predicted octanol–water partition coefficient (Wildman–Crippen LogP) is 2.35. The first-order chi connectivity index (χ1) is 11.4. The molecule has 6 nitrogen and oxygen atoms in total. The van der Waals surface area contributed by atoms with E-state index in [1.165, 1.54) is 7.11 Å². The molecule has 0 aromatic rings. The summed E-state index contributed by atoms with van der Waals surface area (Å²) in [5.74, 6) is 0.470. The fraction of sp³-hybridized carbons (Fsp3) is 0.882. The predicted molar refractivity (Wildman–Crippen MR) is 101 cm³/mol. The summed E-state index contributed by atoms with van der Waals surface area (Å²) in [5.41, 5.74) is -0.665. The topological polar surface area (TPSA) is 97.7 Å². The average Bonchev–Trinajstić information content (AvgIpc) is 2.47. The fourth-order valence-corrected chi connectivity index (χ4v) is 5.68. The van der Waals surface area contributed by atoms with E-state index in [1.54, 1.807) is 0 Å². The van der Waals surface area contributed by atoms with Gasteiger partial charge in [-0.1, -0.05) is 27.7 Å². The van der Waals surface area contributed by atoms with Crippen LogP contribution in [-0.4, -0.2) is 55.6 Å². The van der Waals surface area contributed by atoms with Gasteiger partial charge in [-0.15, -0.1) is 0 Å². The van der Waals surface area contributed by atoms with Gasteiger partial charge in [0, 0.05) is 44.6 Å². The molecule has 25 heavy (non-hydrogen) atoms. The number of rotatable bonds is 13. The van der Waals surface area contributed by atoms with Crippen LogP contribution >= 0.6 is 0 Å². The number of ether oxygens (including phenoxy) is 1. The highest BCUT2D eigenvalue weighted by Gasteiger charge is 2.24. The van der Waals surface area contributed by atoms with E-state index in [0.29, 0.717) is 35.9 Å². The van der Waals surface area contributed by atoms with Gasteiger partial charge in [0.25, 0.3) is 0 Å². The second-order valence-corrected chi connectivity index (χ2v) is 11.2. The number of esters is 1. The number of hydrogen-bond acceptors (Lipinski definition) is 5. The van der Waals surface area contributed by atoms with Gasteiger partial charge in [0.2, 0.25) is 0 Å². The lowest BCUT2D eigenvalue weighted by Crippen LogP contribution is -2.23. The third-order valence-corrected chi connectivity index (χ3v) is 6.93. The van der Waals surface area contributed by atoms with E-state index < -0.39 is 33.0 Å². The largest absolute Gasteiger partial charge is 0.481 e. The van der Waals surface area contributed by atoms with E-state index in [2.05, 4.69) is 4.74 Å². The fourth-order valence-electron chi connectivity index (χ4n) is 2.22. The molecule has 2 unspecified atom stereocenters. The van der Waals surface area contributed by atoms with Gasteiger partial charge in [-0.05, 0) is 23.7 Å². The van der Waals surface area contributed by atoms with E-state index in [4.69, 9.17) is 5.11 Å². The molecule has 0 heterocycles. The molecule has 0 saturated heterocycles. The summed E-state index contributed by atoms with van der Waals surface area (Å²) < 4.78 is 28.8. The molecule has 0 bridgehead atoms. The molecule has 0 saturated carbocycles. The molecule has 0 radical (unpaired) electrons. The third-order valence-electron chi connectivity index (χ3n) is 4.03. The van der Waals surface area contributed by atoms with Crippen molar-refractivity contribution in [3.05, 3.63) is 0 Å². The van der Waals surface area contributed by atoms with Gasteiger partial charge < -0.3 is 9.84 Å². The van der Waals surface area contributed by atoms with Gasteiger partial charge in [0.15, 0.2) is 0 Å². The Morgan fingerprint density at radius 1 is 0.840 bits per heavy atom. The van der Waals surface area contributed by atoms with Crippen molar-refractivity contribution >= 4 is 33.5 Å². The average molecular weight is 397 g/mol. The van der Waals surface area contributed by atoms with Crippen molar-refractivity contribution in [1.29, 1.82) is 0 Å². The third kappa shape index (κ3) is 13.1. The second-order valence-electron chi connectivity index (χ2n) is 7.85. The van der Waals surface area contributed by atoms with Gasteiger partial charge in [0.1, 0.15) is 0 Å². The van der Waals surface area contributed by atoms with Crippen LogP contribution in [0.15, 0.2) is 0 Å². The van der Waals surface area contributed by atoms with Crippen LogP contribution in [0.4, 0.5) is 0 Å². The summed E-state index contributed by atoms with van der Waals surface area (Å²) in [4.78, 5) is 22.1. The highest BCUT2D eigenvalue weighted by molar-refractivity contribution is 7.88. The van der Waals surface area contributed by atoms with E-state index >= 15 is 0 Å². The molecule has 2 atom stereocenters. The van der Waals surface area contributed by atoms with Gasteiger partial charge in [-0.2, -0.15) is 0 Å². The molecule has 8 heteroatoms. The first-order valence-electron chi connectivity index (χ1n) is 8.35. The zero-order valence-electron chi connectivity index (χ0n) is 16.0. The maximum absolute atomic E-state index is 12.1. The molecule has 0 aromatic carbocycles. The van der Waals surface area contributed by atoms with Crippen molar-refractivity contribution in [2.24, 2.45) is 10.8 Å². The van der Waals surface area contributed by atoms with Crippen molar-refractivity contribution in [1.82, 2.24) is 0 Å². The number of hydrogen-bond donors (Lipinski definition) is 1. The lowest BCUT2D eigenvalue weighted by molar-refractivity contribution is -0.143. The minimum Gasteiger partial charge on any atom is -0.481 e. The number of carboxylic acid groups (broad SMARTS) is 1. The van der Waals surface area contributed by atoms with Crippen molar-refractivity contribution in [3.8, 4) is 0 Å². The van der Waals surface area contributed by atoms with Gasteiger partial charge in [0.05, 0.1) is 20.0 Å². The lowest BCUT2D eigenvalue weighted by atomic mass is 9.86. The summed E-state index contributed by atoms with van der Waals surface area (Å²) in [5, 5.41) is 8.84. The molecule has 0 amide bonds. The molecule has 0 aliphatic carbocycles. The van der Waals surface area contributed by atoms with Crippen molar-refractivity contribution < 1.29 is 27.9 Å². The Labute approximate surface area is 156 Å². The molecule has 0 aromatic heterocycles. The Balaban J connectivity index is 4.11. The summed E-state index contributed by atoms with van der Waals surface area (Å²) in [6.07, 6.45) is 1.52. The Morgan fingerprint density at radius 2 is 1.24 bits per heavy atom. The maximum atomic E-state index is 12.1. The summed E-state index contributed by atoms with van der Waals surface area (Å²) >= 11 is 0. The van der Waals surface area contributed by atoms with Crippen molar-refractivity contribution in [2.75, 3.05) is 30.1 Å². The highest BCUT2D eigenvalue weighted by atomic mass is 32.2. The Bertz CT molecular complexity index is 499. The Morgan fingerprint density at radius 3 is 1.60 bits per heavy atom. The zero-order chi connectivity index (χ0) is 19.7. The number of carbonyl (C=O) groups excluding carboxylic acids is 1. The molecule has 0 aliphatic rings. The van der Waals surface area contributed by atoms with Crippen molar-refractivity contribution in [2.45, 2.75) is 53.4 Å². The van der Waals surface area contributed by atoms with E-state index in [1.807, 2.05) is 27.7 Å². The first-order valence-corrected chi connectivity index (χ1v) is 11.3. The summed E-state index contributed by atoms with van der Waals surface area (Å²) in [7, 11) is -0.823. The Kier molecular flexibility index (Phi) is 10.7. The van der Waals surface area contributed by atoms with Crippen LogP contribution in [0, 0.1) is 10.8 Å². The summed E-state index contributed by atoms with van der Waals surface area (Å²) in [6, 6.07) is 0. The van der Waals surface area contributed by atoms with Crippen molar-refractivity contribution in [3.63, 3.8) is 0 Å². The van der Waals surface area contributed by atoms with Crippen LogP contribution in [-0.2, 0) is 35.9 Å². The second kappa shape index (κ2) is 11.1. The van der Waals surface area contributed by atoms with E-state index in [9.17, 15) is 18.0 Å². The summed E-state index contributed by atoms with van der Waals surface area (Å²) in [6.45, 7) is 7.56. The van der Waals surface area contributed by atoms with Crippen LogP contribution in [0.3, 0.4) is 0 Å². The number of methoxy groups -OCH3 is 1. The molecule has 148 valence electrons. The zero-order valence-corrected chi connectivity index (χ0v) is 17.6. The number of aliphatic carboxylic acids is 1. The monoisotopic (exact) mass is 396 g/mol. The van der Waals surface area contributed by atoms with Gasteiger partial charge in [-0.3, -0.25) is 18.0 Å². The molecule has 0 aliphatic heterocycles. The van der Waals surface area contributed by atoms with E-state index in [0.717, 1.165) is 0 Å². The number of carboxylic acids is 1. The lowest BCUT2D eigenvalue weighted by Gasteiger charge is -2.23. The molecule has 0 fully saturated rings. The molecule has 0 spiro atoms. The van der Waals surface area contributed by atoms with Crippen LogP contribution in [0.1, 0.15) is 53.4 Å². The highest BCUT2D eigenvalue weighted by Crippen LogP contribution is 2.26. The SMILES string of the molecule is COC(=O)CC(C)(C)CCS(=O)CCS(=O)CCC(C)(C)CC(=O)O. The smallest absolute Gasteiger partial charge is 0.306 e. The quantitative estimate of drug-likeness (QED) is 0.480. The van der Waals surface area contributed by atoms with Gasteiger partial charge in [-0.25, -0.2) is 0 Å². The van der Waals surface area contributed by atoms with Crippen LogP contribution in [0.2, 0.25) is 0 Å². The first kappa shape index (κ1) is 24.2. The molecular weight excluding hydrogens is 364 g/mol. The van der Waals surface area contributed by atoms with Gasteiger partial charge >= 0.3 is 11.9 Å². The maximum Gasteiger partial charge on any atom is 0.306 e. The normalized spacial score (nSPS) is 14.8.